The van der Waals surface area contributed by atoms with Crippen LogP contribution in [0.15, 0.2) is 23.7 Å². The molecule has 1 N–H and O–H groups in total. The number of carboxylic acids is 1. The van der Waals surface area contributed by atoms with Gasteiger partial charge in [-0.25, -0.2) is 9.97 Å². The predicted octanol–water partition coefficient (Wildman–Crippen LogP) is 3.82. The normalized spacial score (nSPS) is 11.0. The molecule has 0 aliphatic rings. The summed E-state index contributed by atoms with van der Waals surface area (Å²) in [4.78, 5) is 19.5. The van der Waals surface area contributed by atoms with E-state index in [1.807, 2.05) is 38.3 Å². The maximum Gasteiger partial charge on any atom is 0.307 e. The van der Waals surface area contributed by atoms with Crippen LogP contribution in [0.25, 0.3) is 10.1 Å². The number of rotatable bonds is 5. The van der Waals surface area contributed by atoms with Crippen LogP contribution < -0.4 is 4.74 Å². The topological polar surface area (TPSA) is 72.3 Å². The lowest BCUT2D eigenvalue weighted by atomic mass is 10.1. The van der Waals surface area contributed by atoms with Crippen molar-refractivity contribution in [3.05, 3.63) is 51.9 Å². The molecular weight excluding hydrogens is 324 g/mol. The van der Waals surface area contributed by atoms with Crippen molar-refractivity contribution in [1.29, 1.82) is 0 Å². The molecule has 2 heterocycles. The van der Waals surface area contributed by atoms with Crippen LogP contribution in [0.1, 0.15) is 28.2 Å². The molecule has 0 saturated heterocycles. The highest BCUT2D eigenvalue weighted by Crippen LogP contribution is 2.33. The minimum absolute atomic E-state index is 0.0426. The maximum atomic E-state index is 11.0. The molecule has 0 radical (unpaired) electrons. The molecule has 0 atom stereocenters. The van der Waals surface area contributed by atoms with Crippen LogP contribution in [0.4, 0.5) is 0 Å². The Bertz CT molecular complexity index is 918. The molecule has 0 amide bonds. The van der Waals surface area contributed by atoms with Crippen molar-refractivity contribution < 1.29 is 14.6 Å². The lowest BCUT2D eigenvalue weighted by Gasteiger charge is -2.10. The molecule has 3 aromatic rings. The Labute approximate surface area is 144 Å². The predicted molar refractivity (Wildman–Crippen MR) is 93.7 cm³/mol. The third kappa shape index (κ3) is 3.38. The van der Waals surface area contributed by atoms with Gasteiger partial charge in [0.05, 0.1) is 6.42 Å². The molecule has 0 spiro atoms. The van der Waals surface area contributed by atoms with Crippen molar-refractivity contribution in [2.24, 2.45) is 0 Å². The fourth-order valence-electron chi connectivity index (χ4n) is 2.71. The van der Waals surface area contributed by atoms with E-state index in [0.29, 0.717) is 6.61 Å². The number of carboxylic acid groups (broad SMARTS) is 1. The van der Waals surface area contributed by atoms with Crippen molar-refractivity contribution >= 4 is 27.4 Å². The minimum atomic E-state index is -0.815. The van der Waals surface area contributed by atoms with Gasteiger partial charge < -0.3 is 9.84 Å². The fourth-order valence-corrected chi connectivity index (χ4v) is 3.77. The van der Waals surface area contributed by atoms with Gasteiger partial charge in [-0.3, -0.25) is 4.79 Å². The Morgan fingerprint density at radius 1 is 1.25 bits per heavy atom. The Balaban J connectivity index is 1.84. The van der Waals surface area contributed by atoms with Crippen LogP contribution in [0.2, 0.25) is 0 Å². The van der Waals surface area contributed by atoms with Crippen molar-refractivity contribution in [3.63, 3.8) is 0 Å². The zero-order valence-electron chi connectivity index (χ0n) is 13.8. The zero-order chi connectivity index (χ0) is 17.3. The monoisotopic (exact) mass is 342 g/mol. The number of nitrogens with zero attached hydrogens (tertiary/aromatic N) is 2. The number of thiophene rings is 1. The van der Waals surface area contributed by atoms with E-state index in [4.69, 9.17) is 9.84 Å². The lowest BCUT2D eigenvalue weighted by Crippen LogP contribution is -2.02. The van der Waals surface area contributed by atoms with Crippen LogP contribution >= 0.6 is 11.3 Å². The number of aryl methyl sites for hydroxylation is 3. The SMILES string of the molecule is Cc1ncc(COc2cc(C)c3c(CC(=O)O)csc3c2)c(C)n1. The highest BCUT2D eigenvalue weighted by atomic mass is 32.1. The number of carbonyl (C=O) groups is 1. The number of hydrogen-bond donors (Lipinski definition) is 1. The van der Waals surface area contributed by atoms with Crippen LogP contribution in [-0.2, 0) is 17.8 Å². The van der Waals surface area contributed by atoms with Gasteiger partial charge in [-0.1, -0.05) is 0 Å². The van der Waals surface area contributed by atoms with E-state index in [9.17, 15) is 4.79 Å². The number of aromatic nitrogens is 2. The summed E-state index contributed by atoms with van der Waals surface area (Å²) in [7, 11) is 0. The zero-order valence-corrected chi connectivity index (χ0v) is 14.6. The second kappa shape index (κ2) is 6.57. The summed E-state index contributed by atoms with van der Waals surface area (Å²) in [5.41, 5.74) is 3.75. The van der Waals surface area contributed by atoms with Crippen molar-refractivity contribution in [2.75, 3.05) is 0 Å². The number of fused-ring (bicyclic) bond motifs is 1. The number of benzene rings is 1. The highest BCUT2D eigenvalue weighted by molar-refractivity contribution is 7.17. The average Bonchev–Trinajstić information content (AvgIpc) is 2.89. The van der Waals surface area contributed by atoms with Crippen molar-refractivity contribution in [2.45, 2.75) is 33.8 Å². The smallest absolute Gasteiger partial charge is 0.307 e. The first kappa shape index (κ1) is 16.4. The van der Waals surface area contributed by atoms with E-state index in [0.717, 1.165) is 44.0 Å². The largest absolute Gasteiger partial charge is 0.489 e. The Morgan fingerprint density at radius 3 is 2.75 bits per heavy atom. The quantitative estimate of drug-likeness (QED) is 0.763. The summed E-state index contributed by atoms with van der Waals surface area (Å²) in [6, 6.07) is 3.91. The first-order valence-electron chi connectivity index (χ1n) is 7.58. The average molecular weight is 342 g/mol. The van der Waals surface area contributed by atoms with Crippen LogP contribution in [-0.4, -0.2) is 21.0 Å². The van der Waals surface area contributed by atoms with E-state index in [1.54, 1.807) is 17.5 Å². The summed E-state index contributed by atoms with van der Waals surface area (Å²) >= 11 is 1.54. The molecule has 24 heavy (non-hydrogen) atoms. The van der Waals surface area contributed by atoms with Crippen LogP contribution in [0.3, 0.4) is 0 Å². The molecular formula is C18H18N2O3S. The summed E-state index contributed by atoms with van der Waals surface area (Å²) in [6.07, 6.45) is 1.83. The highest BCUT2D eigenvalue weighted by Gasteiger charge is 2.12. The van der Waals surface area contributed by atoms with Crippen molar-refractivity contribution in [3.8, 4) is 5.75 Å². The molecule has 3 rings (SSSR count). The van der Waals surface area contributed by atoms with E-state index in [2.05, 4.69) is 9.97 Å². The molecule has 124 valence electrons. The van der Waals surface area contributed by atoms with Gasteiger partial charge in [0.15, 0.2) is 0 Å². The summed E-state index contributed by atoms with van der Waals surface area (Å²) in [5, 5.41) is 11.9. The molecule has 6 heteroatoms. The molecule has 0 aliphatic heterocycles. The molecule has 0 saturated carbocycles. The maximum absolute atomic E-state index is 11.0. The van der Waals surface area contributed by atoms with Gasteiger partial charge >= 0.3 is 5.97 Å². The van der Waals surface area contributed by atoms with E-state index in [-0.39, 0.29) is 6.42 Å². The summed E-state index contributed by atoms with van der Waals surface area (Å²) in [6.45, 7) is 6.19. The third-order valence-electron chi connectivity index (χ3n) is 3.86. The Morgan fingerprint density at radius 2 is 2.04 bits per heavy atom. The Kier molecular flexibility index (Phi) is 4.49. The van der Waals surface area contributed by atoms with E-state index >= 15 is 0 Å². The molecule has 1 aromatic carbocycles. The molecule has 2 aromatic heterocycles. The summed E-state index contributed by atoms with van der Waals surface area (Å²) < 4.78 is 6.94. The number of hydrogen-bond acceptors (Lipinski definition) is 5. The first-order chi connectivity index (χ1) is 11.4. The fraction of sp³-hybridized carbons (Fsp3) is 0.278. The van der Waals surface area contributed by atoms with Gasteiger partial charge in [0.25, 0.3) is 0 Å². The van der Waals surface area contributed by atoms with Gasteiger partial charge in [0.2, 0.25) is 0 Å². The molecule has 0 aliphatic carbocycles. The van der Waals surface area contributed by atoms with Crippen LogP contribution in [0.5, 0.6) is 5.75 Å². The standard InChI is InChI=1S/C18H18N2O3S/c1-10-4-15(23-8-14-7-19-12(3)20-11(14)2)6-16-18(10)13(9-24-16)5-17(21)22/h4,6-7,9H,5,8H2,1-3H3,(H,21,22). The second-order valence-electron chi connectivity index (χ2n) is 5.76. The van der Waals surface area contributed by atoms with Gasteiger partial charge in [-0.05, 0) is 54.8 Å². The summed E-state index contributed by atoms with van der Waals surface area (Å²) in [5.74, 6) is 0.700. The molecule has 5 nitrogen and oxygen atoms in total. The lowest BCUT2D eigenvalue weighted by molar-refractivity contribution is -0.136. The van der Waals surface area contributed by atoms with Gasteiger partial charge in [0.1, 0.15) is 18.2 Å². The van der Waals surface area contributed by atoms with E-state index < -0.39 is 5.97 Å². The third-order valence-corrected chi connectivity index (χ3v) is 4.84. The number of aliphatic carboxylic acids is 1. The molecule has 0 fully saturated rings. The number of ether oxygens (including phenoxy) is 1. The van der Waals surface area contributed by atoms with Crippen molar-refractivity contribution in [1.82, 2.24) is 9.97 Å². The minimum Gasteiger partial charge on any atom is -0.489 e. The molecule has 0 bridgehead atoms. The first-order valence-corrected chi connectivity index (χ1v) is 8.46. The van der Waals surface area contributed by atoms with Gasteiger partial charge in [-0.2, -0.15) is 0 Å². The van der Waals surface area contributed by atoms with Gasteiger partial charge in [-0.15, -0.1) is 11.3 Å². The van der Waals surface area contributed by atoms with Crippen LogP contribution in [0, 0.1) is 20.8 Å². The Hall–Kier alpha value is -2.47. The molecule has 0 unspecified atom stereocenters. The second-order valence-corrected chi connectivity index (χ2v) is 6.67. The van der Waals surface area contributed by atoms with Gasteiger partial charge in [0, 0.05) is 22.2 Å². The van der Waals surface area contributed by atoms with E-state index in [1.165, 1.54) is 0 Å².